The van der Waals surface area contributed by atoms with Gasteiger partial charge in [0, 0.05) is 0 Å². The number of aliphatic carboxylic acids is 1. The molecule has 1 aromatic rings. The van der Waals surface area contributed by atoms with Crippen LogP contribution in [0.25, 0.3) is 0 Å². The molecule has 0 heterocycles. The SMILES string of the molecule is CCCC[C@H](NC(=O)C1(c2cccc(C)c2)CC1)C(=O)O. The molecule has 21 heavy (non-hydrogen) atoms. The van der Waals surface area contributed by atoms with Crippen LogP contribution in [0.3, 0.4) is 0 Å². The average Bonchev–Trinajstić information content (AvgIpc) is 3.24. The number of benzene rings is 1. The number of hydrogen-bond donors (Lipinski definition) is 2. The highest BCUT2D eigenvalue weighted by molar-refractivity contribution is 5.94. The summed E-state index contributed by atoms with van der Waals surface area (Å²) in [5.41, 5.74) is 1.61. The molecule has 1 atom stereocenters. The summed E-state index contributed by atoms with van der Waals surface area (Å²) in [6.07, 6.45) is 3.80. The van der Waals surface area contributed by atoms with Crippen LogP contribution in [0.1, 0.15) is 50.2 Å². The van der Waals surface area contributed by atoms with E-state index in [1.165, 1.54) is 0 Å². The van der Waals surface area contributed by atoms with Crippen molar-refractivity contribution in [3.05, 3.63) is 35.4 Å². The lowest BCUT2D eigenvalue weighted by Crippen LogP contribution is -2.45. The highest BCUT2D eigenvalue weighted by Crippen LogP contribution is 2.48. The minimum absolute atomic E-state index is 0.142. The quantitative estimate of drug-likeness (QED) is 0.811. The van der Waals surface area contributed by atoms with Gasteiger partial charge in [0.25, 0.3) is 0 Å². The highest BCUT2D eigenvalue weighted by atomic mass is 16.4. The largest absolute Gasteiger partial charge is 0.480 e. The minimum Gasteiger partial charge on any atom is -0.480 e. The van der Waals surface area contributed by atoms with Gasteiger partial charge in [-0.1, -0.05) is 49.6 Å². The second-order valence-corrected chi connectivity index (χ2v) is 5.96. The number of carbonyl (C=O) groups is 2. The molecule has 1 amide bonds. The van der Waals surface area contributed by atoms with Crippen LogP contribution in [0.4, 0.5) is 0 Å². The second kappa shape index (κ2) is 6.29. The van der Waals surface area contributed by atoms with Crippen molar-refractivity contribution in [3.8, 4) is 0 Å². The maximum atomic E-state index is 12.5. The maximum absolute atomic E-state index is 12.5. The van der Waals surface area contributed by atoms with Gasteiger partial charge >= 0.3 is 5.97 Å². The Bertz CT molecular complexity index is 535. The van der Waals surface area contributed by atoms with E-state index < -0.39 is 17.4 Å². The molecule has 1 aliphatic rings. The topological polar surface area (TPSA) is 66.4 Å². The zero-order valence-electron chi connectivity index (χ0n) is 12.7. The summed E-state index contributed by atoms with van der Waals surface area (Å²) < 4.78 is 0. The highest BCUT2D eigenvalue weighted by Gasteiger charge is 2.51. The molecule has 2 rings (SSSR count). The Hall–Kier alpha value is -1.84. The third kappa shape index (κ3) is 3.43. The van der Waals surface area contributed by atoms with Gasteiger partial charge < -0.3 is 10.4 Å². The van der Waals surface area contributed by atoms with Crippen LogP contribution >= 0.6 is 0 Å². The number of carbonyl (C=O) groups excluding carboxylic acids is 1. The molecule has 0 spiro atoms. The first kappa shape index (κ1) is 15.5. The Labute approximate surface area is 125 Å². The van der Waals surface area contributed by atoms with E-state index >= 15 is 0 Å². The number of amides is 1. The average molecular weight is 289 g/mol. The van der Waals surface area contributed by atoms with Gasteiger partial charge in [-0.3, -0.25) is 4.79 Å². The van der Waals surface area contributed by atoms with Gasteiger partial charge in [0.1, 0.15) is 6.04 Å². The van der Waals surface area contributed by atoms with Crippen LogP contribution in [-0.4, -0.2) is 23.0 Å². The van der Waals surface area contributed by atoms with Crippen LogP contribution < -0.4 is 5.32 Å². The van der Waals surface area contributed by atoms with E-state index in [-0.39, 0.29) is 5.91 Å². The fourth-order valence-electron chi connectivity index (χ4n) is 2.68. The van der Waals surface area contributed by atoms with Crippen molar-refractivity contribution in [2.24, 2.45) is 0 Å². The van der Waals surface area contributed by atoms with Gasteiger partial charge in [0.15, 0.2) is 0 Å². The Morgan fingerprint density at radius 2 is 2.10 bits per heavy atom. The summed E-state index contributed by atoms with van der Waals surface area (Å²) in [4.78, 5) is 23.8. The number of carboxylic acid groups (broad SMARTS) is 1. The molecule has 1 aliphatic carbocycles. The summed E-state index contributed by atoms with van der Waals surface area (Å²) >= 11 is 0. The molecule has 1 aromatic carbocycles. The molecule has 1 saturated carbocycles. The fourth-order valence-corrected chi connectivity index (χ4v) is 2.68. The van der Waals surface area contributed by atoms with Crippen molar-refractivity contribution < 1.29 is 14.7 Å². The number of aryl methyl sites for hydroxylation is 1. The molecule has 0 bridgehead atoms. The predicted molar refractivity (Wildman–Crippen MR) is 81.2 cm³/mol. The third-order valence-electron chi connectivity index (χ3n) is 4.21. The Morgan fingerprint density at radius 3 is 2.62 bits per heavy atom. The van der Waals surface area contributed by atoms with E-state index in [2.05, 4.69) is 5.32 Å². The van der Waals surface area contributed by atoms with Gasteiger partial charge in [0.05, 0.1) is 5.41 Å². The Morgan fingerprint density at radius 1 is 1.38 bits per heavy atom. The van der Waals surface area contributed by atoms with E-state index in [1.807, 2.05) is 38.1 Å². The number of nitrogens with one attached hydrogen (secondary N) is 1. The number of hydrogen-bond acceptors (Lipinski definition) is 2. The smallest absolute Gasteiger partial charge is 0.326 e. The summed E-state index contributed by atoms with van der Waals surface area (Å²) in [5.74, 6) is -1.09. The van der Waals surface area contributed by atoms with Crippen LogP contribution in [-0.2, 0) is 15.0 Å². The van der Waals surface area contributed by atoms with Crippen molar-refractivity contribution in [1.29, 1.82) is 0 Å². The molecule has 0 saturated heterocycles. The zero-order valence-corrected chi connectivity index (χ0v) is 12.7. The van der Waals surface area contributed by atoms with Crippen molar-refractivity contribution in [2.75, 3.05) is 0 Å². The maximum Gasteiger partial charge on any atom is 0.326 e. The standard InChI is InChI=1S/C17H23NO3/c1-3-4-8-14(15(19)20)18-16(21)17(9-10-17)13-7-5-6-12(2)11-13/h5-7,11,14H,3-4,8-10H2,1-2H3,(H,18,21)(H,19,20)/t14-/m0/s1. The van der Waals surface area contributed by atoms with Crippen LogP contribution in [0, 0.1) is 6.92 Å². The van der Waals surface area contributed by atoms with Gasteiger partial charge in [-0.15, -0.1) is 0 Å². The normalized spacial score (nSPS) is 17.0. The lowest BCUT2D eigenvalue weighted by Gasteiger charge is -2.20. The first-order chi connectivity index (χ1) is 9.99. The van der Waals surface area contributed by atoms with Gasteiger partial charge in [-0.25, -0.2) is 4.79 Å². The van der Waals surface area contributed by atoms with E-state index in [0.717, 1.165) is 36.8 Å². The van der Waals surface area contributed by atoms with Gasteiger partial charge in [-0.05, 0) is 31.7 Å². The Kier molecular flexibility index (Phi) is 4.66. The summed E-state index contributed by atoms with van der Waals surface area (Å²) in [6, 6.07) is 7.15. The van der Waals surface area contributed by atoms with Crippen LogP contribution in [0.15, 0.2) is 24.3 Å². The van der Waals surface area contributed by atoms with Gasteiger partial charge in [0.2, 0.25) is 5.91 Å². The number of unbranched alkanes of at least 4 members (excludes halogenated alkanes) is 1. The molecular formula is C17H23NO3. The monoisotopic (exact) mass is 289 g/mol. The van der Waals surface area contributed by atoms with Crippen LogP contribution in [0.2, 0.25) is 0 Å². The molecule has 0 radical (unpaired) electrons. The summed E-state index contributed by atoms with van der Waals surface area (Å²) in [6.45, 7) is 4.01. The molecule has 0 unspecified atom stereocenters. The zero-order chi connectivity index (χ0) is 15.5. The van der Waals surface area contributed by atoms with E-state index in [1.54, 1.807) is 0 Å². The minimum atomic E-state index is -0.947. The lowest BCUT2D eigenvalue weighted by atomic mass is 9.93. The molecule has 1 fully saturated rings. The molecule has 4 heteroatoms. The van der Waals surface area contributed by atoms with Crippen LogP contribution in [0.5, 0.6) is 0 Å². The molecule has 2 N–H and O–H groups in total. The van der Waals surface area contributed by atoms with Crippen molar-refractivity contribution >= 4 is 11.9 Å². The first-order valence-corrected chi connectivity index (χ1v) is 7.60. The Balaban J connectivity index is 2.10. The molecule has 114 valence electrons. The first-order valence-electron chi connectivity index (χ1n) is 7.60. The van der Waals surface area contributed by atoms with Crippen molar-refractivity contribution in [1.82, 2.24) is 5.32 Å². The molecule has 4 nitrogen and oxygen atoms in total. The van der Waals surface area contributed by atoms with Gasteiger partial charge in [-0.2, -0.15) is 0 Å². The number of carboxylic acids is 1. The lowest BCUT2D eigenvalue weighted by molar-refractivity contribution is -0.142. The summed E-state index contributed by atoms with van der Waals surface area (Å²) in [7, 11) is 0. The van der Waals surface area contributed by atoms with Crippen molar-refractivity contribution in [2.45, 2.75) is 57.4 Å². The van der Waals surface area contributed by atoms with E-state index in [9.17, 15) is 14.7 Å². The fraction of sp³-hybridized carbons (Fsp3) is 0.529. The third-order valence-corrected chi connectivity index (χ3v) is 4.21. The van der Waals surface area contributed by atoms with E-state index in [4.69, 9.17) is 0 Å². The molecule has 0 aliphatic heterocycles. The number of rotatable bonds is 7. The summed E-state index contributed by atoms with van der Waals surface area (Å²) in [5, 5.41) is 12.0. The van der Waals surface area contributed by atoms with Crippen molar-refractivity contribution in [3.63, 3.8) is 0 Å². The second-order valence-electron chi connectivity index (χ2n) is 5.96. The molecule has 0 aromatic heterocycles. The predicted octanol–water partition coefficient (Wildman–Crippen LogP) is 2.79. The molecular weight excluding hydrogens is 266 g/mol. The van der Waals surface area contributed by atoms with E-state index in [0.29, 0.717) is 6.42 Å².